The van der Waals surface area contributed by atoms with Crippen molar-refractivity contribution in [2.75, 3.05) is 45.2 Å². The van der Waals surface area contributed by atoms with Crippen molar-refractivity contribution in [1.29, 1.82) is 0 Å². The van der Waals surface area contributed by atoms with E-state index in [1.165, 1.54) is 33.3 Å². The molecule has 0 saturated carbocycles. The van der Waals surface area contributed by atoms with Crippen molar-refractivity contribution in [2.24, 2.45) is 45.5 Å². The molecule has 9 rings (SSSR count). The Hall–Kier alpha value is -6.47. The lowest BCUT2D eigenvalue weighted by Gasteiger charge is -2.38. The number of carbonyl (C=O) groups excluding carboxylic acids is 5. The molecule has 2 fully saturated rings. The van der Waals surface area contributed by atoms with Gasteiger partial charge in [-0.15, -0.1) is 0 Å². The fraction of sp³-hybridized carbons (Fsp3) is 0.542. The number of ether oxygens (including phenoxy) is 4. The van der Waals surface area contributed by atoms with E-state index in [4.69, 9.17) is 28.9 Å². The second kappa shape index (κ2) is 22.9. The second-order valence-electron chi connectivity index (χ2n) is 22.4. The minimum atomic E-state index is -2.04. The molecule has 6 aliphatic rings. The van der Waals surface area contributed by atoms with E-state index < -0.39 is 101 Å². The molecule has 6 heterocycles. The maximum Gasteiger partial charge on any atom is 0.315 e. The number of nitrogens with one attached hydrogen (secondary N) is 1. The molecule has 5 N–H and O–H groups in total. The van der Waals surface area contributed by atoms with Crippen molar-refractivity contribution in [1.82, 2.24) is 9.80 Å². The van der Waals surface area contributed by atoms with Gasteiger partial charge in [0.25, 0.3) is 11.7 Å². The number of Topliss-reactive ketones (excluding diaryl/α,β-unsaturated/α-hetero) is 2. The van der Waals surface area contributed by atoms with Crippen LogP contribution in [0.5, 0.6) is 17.2 Å². The van der Waals surface area contributed by atoms with Gasteiger partial charge in [0, 0.05) is 111 Å². The number of likely N-dealkylation sites (tertiary alicyclic amines) is 2. The zero-order valence-electron chi connectivity index (χ0n) is 45.9. The minimum Gasteiger partial charge on any atom is -0.507 e. The van der Waals surface area contributed by atoms with E-state index in [1.54, 1.807) is 69.9 Å². The van der Waals surface area contributed by atoms with Crippen molar-refractivity contribution < 1.29 is 63.3 Å². The molecule has 9 atom stereocenters. The largest absolute Gasteiger partial charge is 0.507 e. The monoisotopic (exact) mass is 1060 g/mol. The number of piperidine rings is 2. The van der Waals surface area contributed by atoms with Crippen molar-refractivity contribution >= 4 is 45.8 Å². The Morgan fingerprint density at radius 2 is 1.53 bits per heavy atom. The van der Waals surface area contributed by atoms with Gasteiger partial charge in [-0.25, -0.2) is 0 Å². The fourth-order valence-electron chi connectivity index (χ4n) is 11.7. The number of carbonyl (C=O) groups is 5. The number of aliphatic hydroxyl groups is 2. The molecule has 0 unspecified atom stereocenters. The van der Waals surface area contributed by atoms with Crippen LogP contribution in [0.25, 0.3) is 10.8 Å². The van der Waals surface area contributed by atoms with Gasteiger partial charge < -0.3 is 54.5 Å². The van der Waals surface area contributed by atoms with Crippen LogP contribution in [0, 0.1) is 42.4 Å². The van der Waals surface area contributed by atoms with Crippen molar-refractivity contribution in [3.8, 4) is 17.2 Å². The third-order valence-electron chi connectivity index (χ3n) is 16.4. The van der Waals surface area contributed by atoms with E-state index in [0.29, 0.717) is 50.3 Å². The average molecular weight is 1060 g/mol. The number of nitrogens with zero attached hydrogens (tertiary/aromatic N) is 4. The zero-order valence-corrected chi connectivity index (χ0v) is 45.9. The molecule has 0 aliphatic carbocycles. The summed E-state index contributed by atoms with van der Waals surface area (Å²) in [5.41, 5.74) is -0.138. The smallest absolute Gasteiger partial charge is 0.315 e. The number of fused-ring (bicyclic) bond motifs is 13. The number of anilines is 1. The number of aliphatic hydroxyl groups excluding tert-OH is 2. The van der Waals surface area contributed by atoms with Gasteiger partial charge in [-0.05, 0) is 38.7 Å². The number of rotatable bonds is 8. The van der Waals surface area contributed by atoms with Crippen LogP contribution in [0.3, 0.4) is 0 Å². The number of hydrogen-bond donors (Lipinski definition) is 5. The van der Waals surface area contributed by atoms with E-state index in [9.17, 15) is 44.4 Å². The summed E-state index contributed by atoms with van der Waals surface area (Å²) < 4.78 is 24.7. The number of methoxy groups -OCH3 is 1. The van der Waals surface area contributed by atoms with Crippen LogP contribution in [-0.4, -0.2) is 135 Å². The molecular weight excluding hydrogens is 987 g/mol. The summed E-state index contributed by atoms with van der Waals surface area (Å²) in [5, 5.41) is 51.1. The van der Waals surface area contributed by atoms with Crippen LogP contribution >= 0.6 is 0 Å². The quantitative estimate of drug-likeness (QED) is 0.0726. The molecule has 3 aromatic rings. The molecule has 0 aromatic heterocycles. The van der Waals surface area contributed by atoms with E-state index in [0.717, 1.165) is 6.54 Å². The molecule has 2 saturated heterocycles. The third kappa shape index (κ3) is 11.3. The first-order valence-corrected chi connectivity index (χ1v) is 27.0. The van der Waals surface area contributed by atoms with Gasteiger partial charge >= 0.3 is 11.8 Å². The number of esters is 1. The normalized spacial score (nSPS) is 29.7. The summed E-state index contributed by atoms with van der Waals surface area (Å²) in [5.74, 6) is -8.31. The highest BCUT2D eigenvalue weighted by atomic mass is 16.7. The number of allylic oxidation sites excluding steroid dienone is 2. The topological polar surface area (TPSA) is 246 Å². The number of aromatic hydroxyl groups is 2. The maximum atomic E-state index is 15.0. The lowest BCUT2D eigenvalue weighted by molar-refractivity contribution is -0.165. The standard InChI is InChI=1S/C59H75N5O13/c1-31(2)30-63-26-22-59(23-27-63)61-46-43-44-51(69)37(8)55-45(43)56(72)58(9,77-55)75-28-21-40(74-10)34(5)54(76-42(66)29-41(65)64-24-19-39(20-25-64)52(70)38-17-12-11-13-18-38)36(7)50(68)35(6)49(67)32(3)15-14-16-33(4)57(73)60-48(53(44)71)47(46)62-59/h11-18,21,28,31-32,34-36,39-40,49-50,54,67-69,71H,19-20,22-27,29-30H2,1-10H3,(H,60,73)/b15-14+,28-21+,33-16-/t32-,34+,35+,36+,40-,49-,50+,54+,58-/m0/s1. The summed E-state index contributed by atoms with van der Waals surface area (Å²) in [6, 6.07) is 9.01. The lowest BCUT2D eigenvalue weighted by atomic mass is 9.78. The van der Waals surface area contributed by atoms with E-state index >= 15 is 0 Å². The Balaban J connectivity index is 1.13. The van der Waals surface area contributed by atoms with Crippen molar-refractivity contribution in [2.45, 2.75) is 130 Å². The summed E-state index contributed by atoms with van der Waals surface area (Å²) in [6.45, 7) is 18.5. The Morgan fingerprint density at radius 3 is 2.18 bits per heavy atom. The first kappa shape index (κ1) is 56.7. The number of phenolic OH excluding ortho intramolecular Hbond substituents is 2. The molecule has 18 nitrogen and oxygen atoms in total. The van der Waals surface area contributed by atoms with E-state index in [-0.39, 0.29) is 74.4 Å². The zero-order chi connectivity index (χ0) is 55.8. The predicted molar refractivity (Wildman–Crippen MR) is 287 cm³/mol. The summed E-state index contributed by atoms with van der Waals surface area (Å²) in [6.07, 6.45) is 4.45. The van der Waals surface area contributed by atoms with Gasteiger partial charge in [0.1, 0.15) is 35.1 Å². The Labute approximate surface area is 449 Å². The highest BCUT2D eigenvalue weighted by Crippen LogP contribution is 2.50. The van der Waals surface area contributed by atoms with E-state index in [2.05, 4.69) is 24.1 Å². The SMILES string of the molecule is CO[C@H]1/C=C/O[C@@]2(C)Oc3c(C)c(O)c4c(O)c(c5c(c4c3C2=O)=NC2(CCN(CC(C)C)CC2)N=5)NC(=O)/C(C)=C\C=C\[C@H](C)[C@H](O)[C@@H](C)[C@@H](O)[C@@H](C)[C@H](OC(=O)CC(=O)N2CCC(C(=O)c3ccccc3)CC2)[C@@H]1C. The van der Waals surface area contributed by atoms with Crippen LogP contribution in [0.1, 0.15) is 114 Å². The summed E-state index contributed by atoms with van der Waals surface area (Å²) >= 11 is 0. The van der Waals surface area contributed by atoms with Gasteiger partial charge in [-0.3, -0.25) is 34.0 Å². The Bertz CT molecular complexity index is 3010. The highest BCUT2D eigenvalue weighted by molar-refractivity contribution is 6.19. The van der Waals surface area contributed by atoms with Gasteiger partial charge in [0.05, 0.1) is 40.9 Å². The second-order valence-corrected chi connectivity index (χ2v) is 22.4. The van der Waals surface area contributed by atoms with Crippen LogP contribution in [-0.2, 0) is 28.6 Å². The molecule has 1 spiro atoms. The molecule has 6 aliphatic heterocycles. The first-order chi connectivity index (χ1) is 36.5. The van der Waals surface area contributed by atoms with Crippen molar-refractivity contribution in [3.63, 3.8) is 0 Å². The van der Waals surface area contributed by atoms with Crippen LogP contribution < -0.4 is 20.8 Å². The van der Waals surface area contributed by atoms with Gasteiger partial charge in [0.2, 0.25) is 5.91 Å². The molecule has 3 aromatic carbocycles. The van der Waals surface area contributed by atoms with Crippen LogP contribution in [0.15, 0.2) is 76.5 Å². The van der Waals surface area contributed by atoms with Crippen LogP contribution in [0.4, 0.5) is 5.69 Å². The number of hydrogen-bond acceptors (Lipinski definition) is 16. The van der Waals surface area contributed by atoms with Crippen molar-refractivity contribution in [3.05, 3.63) is 93.9 Å². The van der Waals surface area contributed by atoms with E-state index in [1.807, 2.05) is 18.2 Å². The van der Waals surface area contributed by atoms with Gasteiger partial charge in [0.15, 0.2) is 17.2 Å². The highest BCUT2D eigenvalue weighted by Gasteiger charge is 2.50. The molecule has 18 heteroatoms. The number of phenols is 2. The summed E-state index contributed by atoms with van der Waals surface area (Å²) in [4.78, 5) is 84.0. The third-order valence-corrected chi connectivity index (χ3v) is 16.4. The summed E-state index contributed by atoms with van der Waals surface area (Å²) in [7, 11) is 1.43. The minimum absolute atomic E-state index is 0.00370. The molecular formula is C59H75N5O13. The lowest BCUT2D eigenvalue weighted by Crippen LogP contribution is -2.47. The Morgan fingerprint density at radius 1 is 0.870 bits per heavy atom. The molecule has 414 valence electrons. The Kier molecular flexibility index (Phi) is 16.8. The van der Waals surface area contributed by atoms with Crippen LogP contribution in [0.2, 0.25) is 0 Å². The average Bonchev–Trinajstić information content (AvgIpc) is 4.11. The molecule has 5 bridgehead atoms. The molecule has 0 radical (unpaired) electrons. The molecule has 2 amide bonds. The number of amides is 2. The maximum absolute atomic E-state index is 15.0. The first-order valence-electron chi connectivity index (χ1n) is 27.0. The predicted octanol–water partition coefficient (Wildman–Crippen LogP) is 6.24. The van der Waals surface area contributed by atoms with Gasteiger partial charge in [-0.2, -0.15) is 0 Å². The fourth-order valence-corrected chi connectivity index (χ4v) is 11.7. The number of benzene rings is 3. The molecule has 77 heavy (non-hydrogen) atoms. The number of ketones is 2. The van der Waals surface area contributed by atoms with Gasteiger partial charge in [-0.1, -0.05) is 90.1 Å².